The van der Waals surface area contributed by atoms with Crippen molar-refractivity contribution in [3.05, 3.63) is 81.7 Å². The zero-order valence-corrected chi connectivity index (χ0v) is 16.1. The van der Waals surface area contributed by atoms with Crippen molar-refractivity contribution in [2.24, 2.45) is 4.99 Å². The molecule has 0 saturated carbocycles. The summed E-state index contributed by atoms with van der Waals surface area (Å²) in [6.45, 7) is 1.81. The van der Waals surface area contributed by atoms with Crippen molar-refractivity contribution < 1.29 is 19.1 Å². The van der Waals surface area contributed by atoms with Crippen molar-refractivity contribution in [3.8, 4) is 0 Å². The van der Waals surface area contributed by atoms with Gasteiger partial charge in [-0.2, -0.15) is 0 Å². The van der Waals surface area contributed by atoms with Crippen LogP contribution in [0, 0.1) is 0 Å². The van der Waals surface area contributed by atoms with E-state index in [4.69, 9.17) is 4.74 Å². The zero-order valence-electron chi connectivity index (χ0n) is 14.4. The molecule has 0 atom stereocenters. The minimum absolute atomic E-state index is 0.106. The van der Waals surface area contributed by atoms with Gasteiger partial charge in [0.1, 0.15) is 0 Å². The summed E-state index contributed by atoms with van der Waals surface area (Å²) >= 11 is -0.751. The summed E-state index contributed by atoms with van der Waals surface area (Å²) in [5.41, 5.74) is 0.712. The molecule has 2 aromatic carbocycles. The fourth-order valence-corrected chi connectivity index (χ4v) is 3.89. The predicted octanol–water partition coefficient (Wildman–Crippen LogP) is 1.55. The number of aromatic nitrogens is 2. The first kappa shape index (κ1) is 18.7. The molecule has 0 bridgehead atoms. The van der Waals surface area contributed by atoms with E-state index in [1.54, 1.807) is 67.6 Å². The summed E-state index contributed by atoms with van der Waals surface area (Å²) in [6.07, 6.45) is 0. The number of benzene rings is 2. The van der Waals surface area contributed by atoms with Crippen molar-refractivity contribution in [1.29, 1.82) is 0 Å². The molecule has 136 valence electrons. The van der Waals surface area contributed by atoms with Gasteiger partial charge in [-0.3, -0.25) is 0 Å². The quantitative estimate of drug-likeness (QED) is 0.465. The molecule has 0 fully saturated rings. The molecule has 3 aromatic rings. The van der Waals surface area contributed by atoms with Gasteiger partial charge in [-0.1, -0.05) is 0 Å². The molecule has 1 heterocycles. The van der Waals surface area contributed by atoms with E-state index in [1.807, 2.05) is 0 Å². The monoisotopic (exact) mass is 429 g/mol. The summed E-state index contributed by atoms with van der Waals surface area (Å²) in [4.78, 5) is 41.2. The molecule has 0 aliphatic carbocycles. The average molecular weight is 428 g/mol. The molecule has 1 aromatic heterocycles. The Bertz CT molecular complexity index is 1040. The molecule has 1 amide bonds. The molecule has 27 heavy (non-hydrogen) atoms. The second-order valence-electron chi connectivity index (χ2n) is 5.29. The normalized spacial score (nSPS) is 11.2. The number of carbonyl (C=O) groups excluding carboxylic acids is 3. The number of rotatable bonds is 4. The number of nitrogens with zero attached hydrogens (tertiary/aromatic N) is 3. The first-order chi connectivity index (χ1) is 13.1. The zero-order chi connectivity index (χ0) is 19.2. The molecule has 8 heteroatoms. The van der Waals surface area contributed by atoms with E-state index in [9.17, 15) is 14.4 Å². The Kier molecular flexibility index (Phi) is 5.90. The van der Waals surface area contributed by atoms with E-state index >= 15 is 0 Å². The third kappa shape index (κ3) is 4.36. The van der Waals surface area contributed by atoms with E-state index in [2.05, 4.69) is 10.1 Å². The predicted molar refractivity (Wildman–Crippen MR) is 97.6 cm³/mol. The molecule has 0 aliphatic heterocycles. The summed E-state index contributed by atoms with van der Waals surface area (Å²) in [6, 6.07) is 17.1. The average Bonchev–Trinajstić information content (AvgIpc) is 3.12. The minimum atomic E-state index is -0.751. The fraction of sp³-hybridized carbons (Fsp3) is 0.105. The SMILES string of the molecule is CCOC(=O)c1nn(C(=O)c2ccccc2)[se]c1=NC(=O)c1ccccc1. The van der Waals surface area contributed by atoms with Crippen LogP contribution in [0.2, 0.25) is 0 Å². The Morgan fingerprint density at radius 3 is 2.19 bits per heavy atom. The van der Waals surface area contributed by atoms with Gasteiger partial charge in [0.15, 0.2) is 0 Å². The van der Waals surface area contributed by atoms with Crippen LogP contribution in [0.25, 0.3) is 0 Å². The van der Waals surface area contributed by atoms with E-state index in [0.29, 0.717) is 11.1 Å². The van der Waals surface area contributed by atoms with Crippen LogP contribution in [-0.2, 0) is 4.74 Å². The maximum atomic E-state index is 12.6. The van der Waals surface area contributed by atoms with Crippen LogP contribution in [0.1, 0.15) is 38.1 Å². The van der Waals surface area contributed by atoms with E-state index in [0.717, 1.165) is 0 Å². The molecule has 7 nitrogen and oxygen atoms in total. The van der Waals surface area contributed by atoms with Crippen LogP contribution >= 0.6 is 0 Å². The standard InChI is InChI=1S/C19H15N3O4Se/c1-2-26-19(25)15-17(20-16(23)13-9-5-3-6-10-13)27-22(21-15)18(24)14-11-7-4-8-12-14/h3-12H,2H2,1H3. The van der Waals surface area contributed by atoms with Gasteiger partial charge in [0.2, 0.25) is 0 Å². The van der Waals surface area contributed by atoms with Gasteiger partial charge in [-0.05, 0) is 0 Å². The molecule has 0 spiro atoms. The Labute approximate surface area is 160 Å². The maximum absolute atomic E-state index is 12.6. The van der Waals surface area contributed by atoms with E-state index in [-0.39, 0.29) is 22.4 Å². The Balaban J connectivity index is 2.05. The molecule has 0 N–H and O–H groups in total. The van der Waals surface area contributed by atoms with Crippen molar-refractivity contribution in [1.82, 2.24) is 8.78 Å². The van der Waals surface area contributed by atoms with Crippen LogP contribution in [0.15, 0.2) is 65.7 Å². The molecule has 0 unspecified atom stereocenters. The molecule has 0 aliphatic rings. The van der Waals surface area contributed by atoms with Crippen LogP contribution in [-0.4, -0.2) is 47.9 Å². The number of hydrogen-bond acceptors (Lipinski definition) is 5. The number of amides is 1. The van der Waals surface area contributed by atoms with Gasteiger partial charge in [0, 0.05) is 0 Å². The third-order valence-corrected chi connectivity index (χ3v) is 5.30. The topological polar surface area (TPSA) is 90.6 Å². The van der Waals surface area contributed by atoms with Gasteiger partial charge in [0.05, 0.1) is 0 Å². The van der Waals surface area contributed by atoms with Gasteiger partial charge < -0.3 is 0 Å². The first-order valence-corrected chi connectivity index (χ1v) is 9.74. The Morgan fingerprint density at radius 2 is 1.59 bits per heavy atom. The van der Waals surface area contributed by atoms with Crippen LogP contribution in [0.5, 0.6) is 0 Å². The van der Waals surface area contributed by atoms with Gasteiger partial charge in [-0.25, -0.2) is 0 Å². The van der Waals surface area contributed by atoms with Gasteiger partial charge >= 0.3 is 161 Å². The van der Waals surface area contributed by atoms with E-state index < -0.39 is 26.6 Å². The van der Waals surface area contributed by atoms with Gasteiger partial charge in [-0.15, -0.1) is 0 Å². The fourth-order valence-electron chi connectivity index (χ4n) is 2.20. The van der Waals surface area contributed by atoms with Crippen LogP contribution in [0.4, 0.5) is 0 Å². The molecular formula is C19H15N3O4Se. The van der Waals surface area contributed by atoms with Crippen LogP contribution in [0.3, 0.4) is 0 Å². The molecule has 0 radical (unpaired) electrons. The Morgan fingerprint density at radius 1 is 1.00 bits per heavy atom. The van der Waals surface area contributed by atoms with Crippen molar-refractivity contribution in [3.63, 3.8) is 0 Å². The summed E-state index contributed by atoms with van der Waals surface area (Å²) in [5, 5.41) is 4.08. The van der Waals surface area contributed by atoms with Crippen molar-refractivity contribution in [2.75, 3.05) is 6.61 Å². The second kappa shape index (κ2) is 8.53. The summed E-state index contributed by atoms with van der Waals surface area (Å²) in [7, 11) is 0. The van der Waals surface area contributed by atoms with Crippen molar-refractivity contribution >= 4 is 32.5 Å². The van der Waals surface area contributed by atoms with Crippen LogP contribution < -0.4 is 4.23 Å². The summed E-state index contributed by atoms with van der Waals surface area (Å²) < 4.78 is 6.33. The molecule has 0 saturated heterocycles. The number of ether oxygens (including phenoxy) is 1. The first-order valence-electron chi connectivity index (χ1n) is 8.11. The number of carbonyl (C=O) groups is 3. The number of hydrogen-bond donors (Lipinski definition) is 0. The Hall–Kier alpha value is -3.09. The third-order valence-electron chi connectivity index (χ3n) is 3.45. The molecular weight excluding hydrogens is 413 g/mol. The second-order valence-corrected chi connectivity index (χ2v) is 7.21. The summed E-state index contributed by atoms with van der Waals surface area (Å²) in [5.74, 6) is -1.57. The van der Waals surface area contributed by atoms with E-state index in [1.165, 1.54) is 3.68 Å². The number of esters is 1. The van der Waals surface area contributed by atoms with Crippen molar-refractivity contribution in [2.45, 2.75) is 6.92 Å². The molecule has 3 rings (SSSR count). The van der Waals surface area contributed by atoms with Gasteiger partial charge in [0.25, 0.3) is 0 Å².